The van der Waals surface area contributed by atoms with Gasteiger partial charge in [0.1, 0.15) is 24.1 Å². The highest BCUT2D eigenvalue weighted by Crippen LogP contribution is 2.45. The summed E-state index contributed by atoms with van der Waals surface area (Å²) >= 11 is 12.5. The van der Waals surface area contributed by atoms with E-state index in [4.69, 9.17) is 27.9 Å². The zero-order valence-electron chi connectivity index (χ0n) is 23.9. The van der Waals surface area contributed by atoms with Gasteiger partial charge in [-0.05, 0) is 66.6 Å². The number of benzene rings is 3. The topological polar surface area (TPSA) is 53.1 Å². The highest BCUT2D eigenvalue weighted by molar-refractivity contribution is 6.30. The van der Waals surface area contributed by atoms with Gasteiger partial charge in [0, 0.05) is 42.6 Å². The number of hydrogen-bond acceptors (Lipinski definition) is 4. The largest absolute Gasteiger partial charge is 0.358 e. The van der Waals surface area contributed by atoms with Crippen molar-refractivity contribution in [3.8, 4) is 0 Å². The summed E-state index contributed by atoms with van der Waals surface area (Å²) in [6.07, 6.45) is 0.00770. The fourth-order valence-corrected chi connectivity index (χ4v) is 6.13. The van der Waals surface area contributed by atoms with Gasteiger partial charge in [0.2, 0.25) is 5.91 Å². The third kappa shape index (κ3) is 6.81. The minimum absolute atomic E-state index is 0.0467. The van der Waals surface area contributed by atoms with E-state index in [0.29, 0.717) is 29.6 Å². The first-order valence-corrected chi connectivity index (χ1v) is 15.2. The molecule has 9 heteroatoms. The van der Waals surface area contributed by atoms with Crippen LogP contribution in [0.1, 0.15) is 48.6 Å². The van der Waals surface area contributed by atoms with Crippen molar-refractivity contribution in [2.75, 3.05) is 33.2 Å². The maximum atomic E-state index is 14.5. The Morgan fingerprint density at radius 1 is 0.905 bits per heavy atom. The maximum absolute atomic E-state index is 14.5. The second kappa shape index (κ2) is 13.6. The van der Waals surface area contributed by atoms with E-state index in [0.717, 1.165) is 36.2 Å². The van der Waals surface area contributed by atoms with E-state index in [2.05, 4.69) is 4.90 Å². The highest BCUT2D eigenvalue weighted by atomic mass is 35.5. The Kier molecular flexibility index (Phi) is 9.84. The van der Waals surface area contributed by atoms with Crippen LogP contribution >= 0.6 is 23.2 Å². The third-order valence-corrected chi connectivity index (χ3v) is 8.67. The second-order valence-electron chi connectivity index (χ2n) is 11.1. The first kappa shape index (κ1) is 30.5. The molecular weight excluding hydrogens is 576 g/mol. The van der Waals surface area contributed by atoms with Gasteiger partial charge in [-0.25, -0.2) is 4.39 Å². The molecule has 3 aromatic rings. The smallest absolute Gasteiger partial charge is 0.253 e. The number of carbonyl (C=O) groups excluding carboxylic acids is 2. The number of carbonyl (C=O) groups is 2. The van der Waals surface area contributed by atoms with Gasteiger partial charge in [0.25, 0.3) is 5.91 Å². The van der Waals surface area contributed by atoms with E-state index in [1.165, 1.54) is 12.1 Å². The van der Waals surface area contributed by atoms with E-state index < -0.39 is 24.3 Å². The molecule has 0 saturated carbocycles. The van der Waals surface area contributed by atoms with Crippen LogP contribution in [0.15, 0.2) is 72.8 Å². The number of likely N-dealkylation sites (N-methyl/N-ethyl adjacent to an activating group) is 1. The van der Waals surface area contributed by atoms with Crippen molar-refractivity contribution >= 4 is 35.0 Å². The van der Waals surface area contributed by atoms with Gasteiger partial charge in [-0.3, -0.25) is 9.59 Å². The molecule has 2 saturated heterocycles. The average Bonchev–Trinajstić information content (AvgIpc) is 2.99. The van der Waals surface area contributed by atoms with E-state index in [1.807, 2.05) is 43.1 Å². The first-order valence-electron chi connectivity index (χ1n) is 14.5. The van der Waals surface area contributed by atoms with Gasteiger partial charge in [-0.1, -0.05) is 72.9 Å². The zero-order valence-corrected chi connectivity index (χ0v) is 25.4. The molecule has 2 heterocycles. The average molecular weight is 613 g/mol. The number of morpholine rings is 1. The number of hydrogen-bond donors (Lipinski definition) is 0. The quantitative estimate of drug-likeness (QED) is 0.299. The molecule has 3 aromatic carbocycles. The Morgan fingerprint density at radius 2 is 1.48 bits per heavy atom. The van der Waals surface area contributed by atoms with Crippen molar-refractivity contribution < 1.29 is 18.7 Å². The highest BCUT2D eigenvalue weighted by Gasteiger charge is 2.49. The van der Waals surface area contributed by atoms with Crippen LogP contribution < -0.4 is 0 Å². The minimum Gasteiger partial charge on any atom is -0.358 e. The van der Waals surface area contributed by atoms with Crippen LogP contribution in [0.3, 0.4) is 0 Å². The monoisotopic (exact) mass is 611 g/mol. The minimum atomic E-state index is -0.876. The molecule has 0 unspecified atom stereocenters. The van der Waals surface area contributed by atoms with Crippen LogP contribution in [-0.4, -0.2) is 71.9 Å². The summed E-state index contributed by atoms with van der Waals surface area (Å²) in [5.41, 5.74) is 2.43. The Balaban J connectivity index is 1.61. The number of ether oxygens (including phenoxy) is 1. The molecule has 42 heavy (non-hydrogen) atoms. The Bertz CT molecular complexity index is 1360. The van der Waals surface area contributed by atoms with Crippen molar-refractivity contribution in [2.45, 2.75) is 50.5 Å². The van der Waals surface area contributed by atoms with E-state index >= 15 is 0 Å². The van der Waals surface area contributed by atoms with Crippen LogP contribution in [0, 0.1) is 5.82 Å². The summed E-state index contributed by atoms with van der Waals surface area (Å²) in [6, 6.07) is 19.6. The van der Waals surface area contributed by atoms with Crippen molar-refractivity contribution in [1.82, 2.24) is 14.7 Å². The fourth-order valence-electron chi connectivity index (χ4n) is 5.88. The molecule has 0 spiro atoms. The summed E-state index contributed by atoms with van der Waals surface area (Å²) in [6.45, 7) is 4.81. The normalized spacial score (nSPS) is 22.3. The molecule has 2 aliphatic rings. The number of nitrogens with zero attached hydrogens (tertiary/aromatic N) is 3. The lowest BCUT2D eigenvalue weighted by atomic mass is 9.88. The number of halogens is 3. The van der Waals surface area contributed by atoms with Crippen LogP contribution in [0.2, 0.25) is 10.0 Å². The van der Waals surface area contributed by atoms with E-state index in [1.54, 1.807) is 41.3 Å². The molecule has 0 aliphatic carbocycles. The Labute approximate surface area is 256 Å². The molecule has 2 aliphatic heterocycles. The lowest BCUT2D eigenvalue weighted by molar-refractivity contribution is -0.183. The van der Waals surface area contributed by atoms with Gasteiger partial charge in [-0.2, -0.15) is 0 Å². The lowest BCUT2D eigenvalue weighted by Gasteiger charge is -2.49. The van der Waals surface area contributed by atoms with E-state index in [9.17, 15) is 14.0 Å². The lowest BCUT2D eigenvalue weighted by Crippen LogP contribution is -2.61. The summed E-state index contributed by atoms with van der Waals surface area (Å²) in [7, 11) is 2.05. The predicted molar refractivity (Wildman–Crippen MR) is 163 cm³/mol. The molecule has 2 fully saturated rings. The molecule has 222 valence electrons. The fraction of sp³-hybridized carbons (Fsp3) is 0.394. The zero-order chi connectivity index (χ0) is 29.8. The van der Waals surface area contributed by atoms with Gasteiger partial charge in [-0.15, -0.1) is 0 Å². The Hall–Kier alpha value is -2.97. The summed E-state index contributed by atoms with van der Waals surface area (Å²) in [4.78, 5) is 34.6. The molecule has 4 atom stereocenters. The van der Waals surface area contributed by atoms with Crippen LogP contribution in [0.25, 0.3) is 0 Å². The molecule has 6 nitrogen and oxygen atoms in total. The number of amides is 2. The van der Waals surface area contributed by atoms with Crippen molar-refractivity contribution in [3.05, 3.63) is 105 Å². The molecule has 0 bridgehead atoms. The summed E-state index contributed by atoms with van der Waals surface area (Å²) in [5, 5.41) is 1.16. The second-order valence-corrected chi connectivity index (χ2v) is 12.0. The molecular formula is C33H36Cl2FN3O3. The van der Waals surface area contributed by atoms with Gasteiger partial charge >= 0.3 is 0 Å². The SMILES string of the molecule is CCC[C@@H](C(=O)N1CCN(C)CC1)N1C(=O)[C@@H](Cc2ccc(F)cc2)O[C@H](c2ccc(Cl)cc2)[C@@H]1c1ccc(Cl)cc1. The summed E-state index contributed by atoms with van der Waals surface area (Å²) < 4.78 is 20.4. The van der Waals surface area contributed by atoms with Gasteiger partial charge in [0.15, 0.2) is 0 Å². The molecule has 0 aromatic heterocycles. The van der Waals surface area contributed by atoms with Gasteiger partial charge in [0.05, 0.1) is 6.04 Å². The first-order chi connectivity index (χ1) is 20.2. The summed E-state index contributed by atoms with van der Waals surface area (Å²) in [5.74, 6) is -0.654. The van der Waals surface area contributed by atoms with E-state index in [-0.39, 0.29) is 24.1 Å². The number of piperazine rings is 1. The van der Waals surface area contributed by atoms with Crippen LogP contribution in [0.5, 0.6) is 0 Å². The molecule has 2 amide bonds. The molecule has 0 N–H and O–H groups in total. The Morgan fingerprint density at radius 3 is 2.05 bits per heavy atom. The maximum Gasteiger partial charge on any atom is 0.253 e. The van der Waals surface area contributed by atoms with Crippen molar-refractivity contribution in [3.63, 3.8) is 0 Å². The van der Waals surface area contributed by atoms with Crippen molar-refractivity contribution in [1.29, 1.82) is 0 Å². The van der Waals surface area contributed by atoms with Gasteiger partial charge < -0.3 is 19.4 Å². The predicted octanol–water partition coefficient (Wildman–Crippen LogP) is 6.33. The van der Waals surface area contributed by atoms with Crippen LogP contribution in [0.4, 0.5) is 4.39 Å². The number of rotatable bonds is 8. The van der Waals surface area contributed by atoms with Crippen LogP contribution in [-0.2, 0) is 20.7 Å². The molecule has 0 radical (unpaired) electrons. The molecule has 5 rings (SSSR count). The third-order valence-electron chi connectivity index (χ3n) is 8.17. The standard InChI is InChI=1S/C33H36Cl2FN3O3/c1-3-4-28(32(40)38-19-17-37(2)18-20-38)39-30(23-7-11-25(34)12-8-23)31(24-9-13-26(35)14-10-24)42-29(33(39)41)21-22-5-15-27(36)16-6-22/h5-16,28-31H,3-4,17-21H2,1-2H3/t28-,29+,30-,31+/m0/s1. The van der Waals surface area contributed by atoms with Crippen molar-refractivity contribution in [2.24, 2.45) is 0 Å².